The van der Waals surface area contributed by atoms with E-state index in [0.717, 1.165) is 16.6 Å². The number of hydrogen-bond donors (Lipinski definition) is 1. The number of benzene rings is 2. The van der Waals surface area contributed by atoms with E-state index in [4.69, 9.17) is 0 Å². The number of nitrogens with one attached hydrogen (secondary N) is 1. The maximum Gasteiger partial charge on any atom is 0.239 e. The molecule has 0 bridgehead atoms. The summed E-state index contributed by atoms with van der Waals surface area (Å²) in [5, 5.41) is 0. The van der Waals surface area contributed by atoms with Crippen molar-refractivity contribution in [2.24, 2.45) is 0 Å². The number of carbonyl (C=O) groups is 1. The van der Waals surface area contributed by atoms with Crippen LogP contribution in [-0.2, 0) is 11.2 Å². The molecule has 21 heavy (non-hydrogen) atoms. The van der Waals surface area contributed by atoms with Gasteiger partial charge in [-0.2, -0.15) is 0 Å². The third-order valence-corrected chi connectivity index (χ3v) is 3.23. The molecule has 1 heterocycles. The lowest BCUT2D eigenvalue weighted by Crippen LogP contribution is -2.22. The molecule has 2 aromatic carbocycles. The third-order valence-electron chi connectivity index (χ3n) is 3.23. The van der Waals surface area contributed by atoms with E-state index in [0.29, 0.717) is 6.42 Å². The average molecular weight is 283 g/mol. The van der Waals surface area contributed by atoms with Crippen molar-refractivity contribution >= 4 is 16.9 Å². The van der Waals surface area contributed by atoms with E-state index in [1.165, 1.54) is 12.1 Å². The number of halogens is 1. The zero-order chi connectivity index (χ0) is 14.7. The number of nitrogens with zero attached hydrogens (tertiary/aromatic N) is 2. The van der Waals surface area contributed by atoms with Gasteiger partial charge in [-0.15, -0.1) is 0 Å². The average Bonchev–Trinajstić information content (AvgIpc) is 2.89. The van der Waals surface area contributed by atoms with E-state index in [2.05, 4.69) is 10.4 Å². The number of fused-ring (bicyclic) bond motifs is 1. The van der Waals surface area contributed by atoms with E-state index in [1.54, 1.807) is 17.1 Å². The summed E-state index contributed by atoms with van der Waals surface area (Å²) in [5.74, 6) is -0.420. The number of hydrogen-bond acceptors (Lipinski definition) is 2. The first kappa shape index (κ1) is 13.3. The summed E-state index contributed by atoms with van der Waals surface area (Å²) in [7, 11) is 0. The first-order valence-corrected chi connectivity index (χ1v) is 6.69. The van der Waals surface area contributed by atoms with Gasteiger partial charge in [-0.3, -0.25) is 10.2 Å². The van der Waals surface area contributed by atoms with Crippen LogP contribution in [0.4, 0.5) is 4.39 Å². The van der Waals surface area contributed by atoms with Gasteiger partial charge in [-0.25, -0.2) is 14.1 Å². The predicted molar refractivity (Wildman–Crippen MR) is 78.8 cm³/mol. The molecule has 0 aliphatic rings. The molecule has 0 saturated carbocycles. The minimum absolute atomic E-state index is 0.137. The molecule has 0 spiro atoms. The van der Waals surface area contributed by atoms with Gasteiger partial charge in [0.2, 0.25) is 5.91 Å². The van der Waals surface area contributed by atoms with Crippen molar-refractivity contribution in [3.05, 3.63) is 66.2 Å². The lowest BCUT2D eigenvalue weighted by atomic mass is 10.1. The predicted octanol–water partition coefficient (Wildman–Crippen LogP) is 2.88. The lowest BCUT2D eigenvalue weighted by Gasteiger charge is -2.07. The molecule has 0 radical (unpaired) electrons. The highest BCUT2D eigenvalue weighted by Crippen LogP contribution is 2.10. The van der Waals surface area contributed by atoms with Crippen LogP contribution in [0.25, 0.3) is 11.0 Å². The molecule has 1 amide bonds. The van der Waals surface area contributed by atoms with Crippen molar-refractivity contribution in [2.45, 2.75) is 12.8 Å². The van der Waals surface area contributed by atoms with Crippen LogP contribution in [0, 0.1) is 5.82 Å². The quantitative estimate of drug-likeness (QED) is 0.800. The molecule has 0 aliphatic carbocycles. The second-order valence-electron chi connectivity index (χ2n) is 4.77. The monoisotopic (exact) mass is 283 g/mol. The van der Waals surface area contributed by atoms with Crippen LogP contribution in [0.1, 0.15) is 12.0 Å². The highest BCUT2D eigenvalue weighted by Gasteiger charge is 2.06. The molecule has 0 atom stereocenters. The molecular weight excluding hydrogens is 269 g/mol. The van der Waals surface area contributed by atoms with Crippen LogP contribution in [0.2, 0.25) is 0 Å². The van der Waals surface area contributed by atoms with E-state index < -0.39 is 0 Å². The maximum atomic E-state index is 13.1. The third kappa shape index (κ3) is 3.08. The number of imidazole rings is 1. The van der Waals surface area contributed by atoms with Crippen LogP contribution in [-0.4, -0.2) is 15.6 Å². The standard InChI is InChI=1S/C16H14FN3O/c17-13-5-3-4-12(10-13)8-9-16(21)19-20-11-18-14-6-1-2-7-15(14)20/h1-7,10-11H,8-9H2,(H,19,21). The van der Waals surface area contributed by atoms with Crippen molar-refractivity contribution in [3.63, 3.8) is 0 Å². The van der Waals surface area contributed by atoms with Gasteiger partial charge in [0.25, 0.3) is 0 Å². The number of aryl methyl sites for hydroxylation is 1. The van der Waals surface area contributed by atoms with Gasteiger partial charge in [0, 0.05) is 6.42 Å². The van der Waals surface area contributed by atoms with Gasteiger partial charge in [-0.1, -0.05) is 24.3 Å². The summed E-state index contributed by atoms with van der Waals surface area (Å²) < 4.78 is 14.7. The van der Waals surface area contributed by atoms with Crippen molar-refractivity contribution in [1.29, 1.82) is 0 Å². The first-order valence-electron chi connectivity index (χ1n) is 6.69. The normalized spacial score (nSPS) is 10.7. The van der Waals surface area contributed by atoms with Gasteiger partial charge in [0.1, 0.15) is 12.1 Å². The first-order chi connectivity index (χ1) is 10.2. The summed E-state index contributed by atoms with van der Waals surface area (Å²) in [4.78, 5) is 16.2. The minimum atomic E-state index is -0.284. The van der Waals surface area contributed by atoms with Gasteiger partial charge in [0.15, 0.2) is 0 Å². The maximum absolute atomic E-state index is 13.1. The molecule has 0 aliphatic heterocycles. The zero-order valence-electron chi connectivity index (χ0n) is 11.3. The Hall–Kier alpha value is -2.69. The highest BCUT2D eigenvalue weighted by molar-refractivity contribution is 5.86. The van der Waals surface area contributed by atoms with Crippen LogP contribution in [0.15, 0.2) is 54.9 Å². The summed E-state index contributed by atoms with van der Waals surface area (Å²) in [6.45, 7) is 0. The lowest BCUT2D eigenvalue weighted by molar-refractivity contribution is -0.117. The molecule has 4 nitrogen and oxygen atoms in total. The van der Waals surface area contributed by atoms with E-state index in [9.17, 15) is 9.18 Å². The second kappa shape index (κ2) is 5.75. The van der Waals surface area contributed by atoms with Crippen LogP contribution in [0.5, 0.6) is 0 Å². The Balaban J connectivity index is 1.64. The SMILES string of the molecule is O=C(CCc1cccc(F)c1)Nn1cnc2ccccc21. The molecule has 0 fully saturated rings. The van der Waals surface area contributed by atoms with Crippen molar-refractivity contribution < 1.29 is 9.18 Å². The Morgan fingerprint density at radius 2 is 2.05 bits per heavy atom. The Kier molecular flexibility index (Phi) is 3.64. The van der Waals surface area contributed by atoms with E-state index in [-0.39, 0.29) is 18.1 Å². The van der Waals surface area contributed by atoms with E-state index in [1.807, 2.05) is 30.3 Å². The molecule has 0 saturated heterocycles. The molecule has 3 aromatic rings. The van der Waals surface area contributed by atoms with Gasteiger partial charge in [-0.05, 0) is 36.2 Å². The molecule has 1 N–H and O–H groups in total. The number of para-hydroxylation sites is 2. The van der Waals surface area contributed by atoms with Crippen LogP contribution in [0.3, 0.4) is 0 Å². The number of rotatable bonds is 4. The second-order valence-corrected chi connectivity index (χ2v) is 4.77. The number of aromatic nitrogens is 2. The van der Waals surface area contributed by atoms with Crippen LogP contribution < -0.4 is 5.43 Å². The van der Waals surface area contributed by atoms with Crippen molar-refractivity contribution in [1.82, 2.24) is 9.66 Å². The highest BCUT2D eigenvalue weighted by atomic mass is 19.1. The van der Waals surface area contributed by atoms with Gasteiger partial charge >= 0.3 is 0 Å². The van der Waals surface area contributed by atoms with Gasteiger partial charge < -0.3 is 0 Å². The number of carbonyl (C=O) groups excluding carboxylic acids is 1. The summed E-state index contributed by atoms with van der Waals surface area (Å²) in [5.41, 5.74) is 5.24. The largest absolute Gasteiger partial charge is 0.273 e. The van der Waals surface area contributed by atoms with Gasteiger partial charge in [0.05, 0.1) is 11.0 Å². The summed E-state index contributed by atoms with van der Waals surface area (Å²) in [6, 6.07) is 13.8. The molecule has 106 valence electrons. The Bertz CT molecular complexity index is 782. The molecule has 0 unspecified atom stereocenters. The Labute approximate surface area is 121 Å². The summed E-state index contributed by atoms with van der Waals surface area (Å²) in [6.07, 6.45) is 2.36. The minimum Gasteiger partial charge on any atom is -0.273 e. The molecule has 1 aromatic heterocycles. The molecule has 3 rings (SSSR count). The fourth-order valence-electron chi connectivity index (χ4n) is 2.19. The van der Waals surface area contributed by atoms with E-state index >= 15 is 0 Å². The molecular formula is C16H14FN3O. The number of amides is 1. The topological polar surface area (TPSA) is 46.9 Å². The Morgan fingerprint density at radius 1 is 1.19 bits per heavy atom. The Morgan fingerprint density at radius 3 is 2.90 bits per heavy atom. The van der Waals surface area contributed by atoms with Crippen molar-refractivity contribution in [3.8, 4) is 0 Å². The molecule has 5 heteroatoms. The smallest absolute Gasteiger partial charge is 0.239 e. The van der Waals surface area contributed by atoms with Crippen LogP contribution >= 0.6 is 0 Å². The van der Waals surface area contributed by atoms with Crippen molar-refractivity contribution in [2.75, 3.05) is 5.43 Å². The fraction of sp³-hybridized carbons (Fsp3) is 0.125. The summed E-state index contributed by atoms with van der Waals surface area (Å²) >= 11 is 0. The fourth-order valence-corrected chi connectivity index (χ4v) is 2.19. The zero-order valence-corrected chi connectivity index (χ0v) is 11.3.